The number of ether oxygens (including phenoxy) is 3. The van der Waals surface area contributed by atoms with Crippen molar-refractivity contribution in [1.82, 2.24) is 5.32 Å². The van der Waals surface area contributed by atoms with Gasteiger partial charge in [-0.2, -0.15) is 0 Å². The molecule has 6 heteroatoms. The molecule has 2 N–H and O–H groups in total. The van der Waals surface area contributed by atoms with E-state index in [1.165, 1.54) is 17.2 Å². The van der Waals surface area contributed by atoms with Crippen LogP contribution in [0.3, 0.4) is 0 Å². The van der Waals surface area contributed by atoms with Gasteiger partial charge in [-0.15, -0.1) is 0 Å². The Labute approximate surface area is 222 Å². The van der Waals surface area contributed by atoms with Gasteiger partial charge in [-0.25, -0.2) is 4.79 Å². The molecule has 6 nitrogen and oxygen atoms in total. The average molecular weight is 510 g/mol. The van der Waals surface area contributed by atoms with Crippen molar-refractivity contribution in [1.29, 1.82) is 0 Å². The van der Waals surface area contributed by atoms with E-state index in [0.717, 1.165) is 30.4 Å². The van der Waals surface area contributed by atoms with Gasteiger partial charge in [0, 0.05) is 23.7 Å². The van der Waals surface area contributed by atoms with Crippen LogP contribution in [-0.2, 0) is 27.1 Å². The fraction of sp³-hybridized carbons (Fsp3) is 0.516. The maximum atomic E-state index is 11.9. The van der Waals surface area contributed by atoms with Crippen molar-refractivity contribution in [3.8, 4) is 5.75 Å². The van der Waals surface area contributed by atoms with Gasteiger partial charge in [0.05, 0.1) is 32.5 Å². The molecule has 3 rings (SSSR count). The molecule has 0 saturated heterocycles. The van der Waals surface area contributed by atoms with Crippen LogP contribution < -0.4 is 10.1 Å². The highest BCUT2D eigenvalue weighted by Crippen LogP contribution is 2.33. The molecule has 1 aliphatic rings. The molecule has 0 heterocycles. The topological polar surface area (TPSA) is 77.0 Å². The van der Waals surface area contributed by atoms with Crippen LogP contribution in [0.1, 0.15) is 68.9 Å². The molecule has 0 spiro atoms. The van der Waals surface area contributed by atoms with Crippen LogP contribution in [0.5, 0.6) is 5.75 Å². The SMILES string of the molecule is CCOC(=O)C=Cc1c(OC)cccc1[C@@H](CC)OC[C@H](O)CNC(C)(C)CC1Cc2ccccc2C1. The number of hydrogen-bond acceptors (Lipinski definition) is 6. The van der Waals surface area contributed by atoms with E-state index in [0.29, 0.717) is 31.2 Å². The molecule has 0 saturated carbocycles. The second-order valence-electron chi connectivity index (χ2n) is 10.4. The number of β-amino-alcohol motifs (C(OH)–C–C–N with tert-alkyl or cyclic N) is 1. The molecule has 202 valence electrons. The zero-order chi connectivity index (χ0) is 26.8. The molecular formula is C31H43NO5. The van der Waals surface area contributed by atoms with Crippen molar-refractivity contribution < 1.29 is 24.1 Å². The van der Waals surface area contributed by atoms with Crippen LogP contribution in [0, 0.1) is 5.92 Å². The monoisotopic (exact) mass is 509 g/mol. The molecular weight excluding hydrogens is 466 g/mol. The first kappa shape index (κ1) is 28.9. The van der Waals surface area contributed by atoms with Gasteiger partial charge in [0.15, 0.2) is 0 Å². The van der Waals surface area contributed by atoms with Crippen molar-refractivity contribution in [2.45, 2.75) is 71.1 Å². The van der Waals surface area contributed by atoms with E-state index in [2.05, 4.69) is 43.4 Å². The lowest BCUT2D eigenvalue weighted by Gasteiger charge is -2.31. The van der Waals surface area contributed by atoms with Gasteiger partial charge in [0.2, 0.25) is 0 Å². The highest BCUT2D eigenvalue weighted by Gasteiger charge is 2.28. The number of nitrogens with one attached hydrogen (secondary N) is 1. The first-order valence-electron chi connectivity index (χ1n) is 13.4. The van der Waals surface area contributed by atoms with Crippen LogP contribution in [0.2, 0.25) is 0 Å². The highest BCUT2D eigenvalue weighted by atomic mass is 16.5. The third kappa shape index (κ3) is 8.42. The van der Waals surface area contributed by atoms with Gasteiger partial charge >= 0.3 is 5.97 Å². The Morgan fingerprint density at radius 2 is 1.84 bits per heavy atom. The quantitative estimate of drug-likeness (QED) is 0.267. The standard InChI is InChI=1S/C31H43NO5/c1-6-28(26-13-10-14-29(35-5)27(26)15-16-30(34)36-7-2)37-21-25(33)20-32-31(3,4)19-22-17-23-11-8-9-12-24(23)18-22/h8-16,22,25,28,32-33H,6-7,17-21H2,1-5H3/t25-,28-/m1/s1. The minimum Gasteiger partial charge on any atom is -0.496 e. The van der Waals surface area contributed by atoms with E-state index in [4.69, 9.17) is 14.2 Å². The van der Waals surface area contributed by atoms with E-state index < -0.39 is 12.1 Å². The first-order valence-corrected chi connectivity index (χ1v) is 13.4. The van der Waals surface area contributed by atoms with Crippen molar-refractivity contribution in [2.75, 3.05) is 26.9 Å². The Morgan fingerprint density at radius 1 is 1.14 bits per heavy atom. The average Bonchev–Trinajstić information content (AvgIpc) is 3.28. The van der Waals surface area contributed by atoms with Crippen molar-refractivity contribution in [3.63, 3.8) is 0 Å². The number of rotatable bonds is 14. The number of benzene rings is 2. The van der Waals surface area contributed by atoms with Gasteiger partial charge in [0.25, 0.3) is 0 Å². The summed E-state index contributed by atoms with van der Waals surface area (Å²) in [5.41, 5.74) is 4.53. The minimum absolute atomic E-state index is 0.0876. The zero-order valence-corrected chi connectivity index (χ0v) is 23.0. The van der Waals surface area contributed by atoms with E-state index in [-0.39, 0.29) is 18.2 Å². The summed E-state index contributed by atoms with van der Waals surface area (Å²) in [6, 6.07) is 14.4. The zero-order valence-electron chi connectivity index (χ0n) is 23.0. The number of carbonyl (C=O) groups excluding carboxylic acids is 1. The molecule has 2 aromatic carbocycles. The maximum Gasteiger partial charge on any atom is 0.330 e. The lowest BCUT2D eigenvalue weighted by atomic mass is 9.88. The number of hydrogen-bond donors (Lipinski definition) is 2. The Morgan fingerprint density at radius 3 is 2.46 bits per heavy atom. The fourth-order valence-corrected chi connectivity index (χ4v) is 5.24. The van der Waals surface area contributed by atoms with Crippen LogP contribution in [-0.4, -0.2) is 49.6 Å². The highest BCUT2D eigenvalue weighted by molar-refractivity contribution is 5.88. The first-order chi connectivity index (χ1) is 17.8. The molecule has 0 fully saturated rings. The Bertz CT molecular complexity index is 1020. The molecule has 2 aromatic rings. The molecule has 0 bridgehead atoms. The van der Waals surface area contributed by atoms with Crippen LogP contribution in [0.15, 0.2) is 48.5 Å². The molecule has 2 atom stereocenters. The normalized spacial score (nSPS) is 15.5. The van der Waals surface area contributed by atoms with Crippen molar-refractivity contribution >= 4 is 12.0 Å². The molecule has 0 radical (unpaired) electrons. The predicted molar refractivity (Wildman–Crippen MR) is 148 cm³/mol. The fourth-order valence-electron chi connectivity index (χ4n) is 5.24. The Hall–Kier alpha value is -2.67. The minimum atomic E-state index is -0.641. The second-order valence-corrected chi connectivity index (χ2v) is 10.4. The smallest absolute Gasteiger partial charge is 0.330 e. The number of carbonyl (C=O) groups is 1. The van der Waals surface area contributed by atoms with Crippen molar-refractivity contribution in [3.05, 3.63) is 70.8 Å². The molecule has 0 unspecified atom stereocenters. The number of esters is 1. The molecule has 1 aliphatic carbocycles. The molecule has 0 amide bonds. The summed E-state index contributed by atoms with van der Waals surface area (Å²) in [4.78, 5) is 11.9. The van der Waals surface area contributed by atoms with Crippen LogP contribution in [0.25, 0.3) is 6.08 Å². The van der Waals surface area contributed by atoms with E-state index in [1.807, 2.05) is 25.1 Å². The van der Waals surface area contributed by atoms with Gasteiger partial charge in [0.1, 0.15) is 5.75 Å². The van der Waals surface area contributed by atoms with E-state index >= 15 is 0 Å². The van der Waals surface area contributed by atoms with Crippen molar-refractivity contribution in [2.24, 2.45) is 5.92 Å². The number of fused-ring (bicyclic) bond motifs is 1. The Kier molecular flexibility index (Phi) is 10.7. The summed E-state index contributed by atoms with van der Waals surface area (Å²) in [5.74, 6) is 0.865. The molecule has 0 aliphatic heterocycles. The van der Waals surface area contributed by atoms with Gasteiger partial charge in [-0.3, -0.25) is 0 Å². The number of aliphatic hydroxyl groups excluding tert-OH is 1. The second kappa shape index (κ2) is 13.8. The summed E-state index contributed by atoms with van der Waals surface area (Å²) in [6.07, 6.45) is 6.22. The number of aliphatic hydroxyl groups is 1. The molecule has 0 aromatic heterocycles. The predicted octanol–water partition coefficient (Wildman–Crippen LogP) is 5.27. The van der Waals surface area contributed by atoms with Crippen LogP contribution in [0.4, 0.5) is 0 Å². The summed E-state index contributed by atoms with van der Waals surface area (Å²) < 4.78 is 16.7. The van der Waals surface area contributed by atoms with Gasteiger partial charge in [-0.05, 0) is 81.2 Å². The van der Waals surface area contributed by atoms with E-state index in [9.17, 15) is 9.90 Å². The summed E-state index contributed by atoms with van der Waals surface area (Å²) in [6.45, 7) is 9.20. The van der Waals surface area contributed by atoms with Gasteiger partial charge in [-0.1, -0.05) is 43.3 Å². The number of methoxy groups -OCH3 is 1. The largest absolute Gasteiger partial charge is 0.496 e. The van der Waals surface area contributed by atoms with E-state index in [1.54, 1.807) is 20.1 Å². The summed E-state index contributed by atoms with van der Waals surface area (Å²) >= 11 is 0. The lowest BCUT2D eigenvalue weighted by Crippen LogP contribution is -2.45. The Balaban J connectivity index is 1.55. The molecule has 37 heavy (non-hydrogen) atoms. The summed E-state index contributed by atoms with van der Waals surface area (Å²) in [5, 5.41) is 14.3. The third-order valence-electron chi connectivity index (χ3n) is 6.95. The summed E-state index contributed by atoms with van der Waals surface area (Å²) in [7, 11) is 1.60. The van der Waals surface area contributed by atoms with Crippen LogP contribution >= 0.6 is 0 Å². The maximum absolute atomic E-state index is 11.9. The van der Waals surface area contributed by atoms with Gasteiger partial charge < -0.3 is 24.6 Å². The third-order valence-corrected chi connectivity index (χ3v) is 6.95. The lowest BCUT2D eigenvalue weighted by molar-refractivity contribution is -0.137.